The van der Waals surface area contributed by atoms with Gasteiger partial charge < -0.3 is 14.7 Å². The SMILES string of the molecule is CC1Cc2cc(C3=NOC4CC(CO)CC34)ccc2O1. The zero-order chi connectivity index (χ0) is 13.7. The molecular formula is C16H19NO3. The van der Waals surface area contributed by atoms with E-state index < -0.39 is 0 Å². The van der Waals surface area contributed by atoms with Crippen molar-refractivity contribution in [2.75, 3.05) is 6.61 Å². The highest BCUT2D eigenvalue weighted by molar-refractivity contribution is 6.03. The number of nitrogens with zero attached hydrogens (tertiary/aromatic N) is 1. The van der Waals surface area contributed by atoms with Crippen molar-refractivity contribution >= 4 is 5.71 Å². The summed E-state index contributed by atoms with van der Waals surface area (Å²) in [4.78, 5) is 5.56. The molecule has 4 unspecified atom stereocenters. The second-order valence-electron chi connectivity index (χ2n) is 6.20. The van der Waals surface area contributed by atoms with Crippen molar-refractivity contribution in [1.82, 2.24) is 0 Å². The van der Waals surface area contributed by atoms with Crippen LogP contribution < -0.4 is 4.74 Å². The standard InChI is InChI=1S/C16H19NO3/c1-9-4-12-7-11(2-3-14(12)19-9)16-13-5-10(8-18)6-15(13)20-17-16/h2-3,7,9-10,13,15,18H,4-6,8H2,1H3. The maximum absolute atomic E-state index is 9.32. The normalized spacial score (nSPS) is 34.2. The Morgan fingerprint density at radius 3 is 3.10 bits per heavy atom. The third-order valence-corrected chi connectivity index (χ3v) is 4.69. The van der Waals surface area contributed by atoms with Gasteiger partial charge in [0.15, 0.2) is 0 Å². The lowest BCUT2D eigenvalue weighted by atomic mass is 9.92. The molecule has 2 heterocycles. The monoisotopic (exact) mass is 273 g/mol. The molecule has 1 aromatic carbocycles. The maximum Gasteiger partial charge on any atom is 0.136 e. The summed E-state index contributed by atoms with van der Waals surface area (Å²) in [6.45, 7) is 2.34. The minimum absolute atomic E-state index is 0.158. The van der Waals surface area contributed by atoms with E-state index in [9.17, 15) is 5.11 Å². The Labute approximate surface area is 118 Å². The Balaban J connectivity index is 1.61. The van der Waals surface area contributed by atoms with E-state index in [2.05, 4.69) is 24.2 Å². The van der Waals surface area contributed by atoms with Crippen LogP contribution >= 0.6 is 0 Å². The molecule has 0 amide bonds. The molecule has 3 aliphatic rings. The fourth-order valence-corrected chi connectivity index (χ4v) is 3.69. The van der Waals surface area contributed by atoms with Crippen LogP contribution in [0.2, 0.25) is 0 Å². The molecule has 4 rings (SSSR count). The van der Waals surface area contributed by atoms with Crippen molar-refractivity contribution in [3.05, 3.63) is 29.3 Å². The molecule has 1 fully saturated rings. The fourth-order valence-electron chi connectivity index (χ4n) is 3.69. The summed E-state index contributed by atoms with van der Waals surface area (Å²) in [5.41, 5.74) is 3.46. The molecule has 1 aliphatic carbocycles. The summed E-state index contributed by atoms with van der Waals surface area (Å²) in [6, 6.07) is 6.31. The lowest BCUT2D eigenvalue weighted by Crippen LogP contribution is -2.17. The van der Waals surface area contributed by atoms with Gasteiger partial charge in [0.2, 0.25) is 0 Å². The van der Waals surface area contributed by atoms with Crippen molar-refractivity contribution in [2.45, 2.75) is 38.4 Å². The number of rotatable bonds is 2. The van der Waals surface area contributed by atoms with Gasteiger partial charge in [0, 0.05) is 24.5 Å². The van der Waals surface area contributed by atoms with Crippen molar-refractivity contribution in [1.29, 1.82) is 0 Å². The van der Waals surface area contributed by atoms with Crippen LogP contribution in [0.1, 0.15) is 30.9 Å². The molecule has 2 aliphatic heterocycles. The van der Waals surface area contributed by atoms with Crippen LogP contribution in [0.3, 0.4) is 0 Å². The molecule has 20 heavy (non-hydrogen) atoms. The molecule has 4 atom stereocenters. The molecule has 0 saturated heterocycles. The Bertz CT molecular complexity index is 569. The summed E-state index contributed by atoms with van der Waals surface area (Å²) in [6.07, 6.45) is 3.28. The van der Waals surface area contributed by atoms with E-state index in [-0.39, 0.29) is 18.8 Å². The summed E-state index contributed by atoms with van der Waals surface area (Å²) >= 11 is 0. The van der Waals surface area contributed by atoms with E-state index in [4.69, 9.17) is 9.57 Å². The third kappa shape index (κ3) is 1.82. The highest BCUT2D eigenvalue weighted by atomic mass is 16.6. The maximum atomic E-state index is 9.32. The molecule has 0 spiro atoms. The minimum atomic E-state index is 0.158. The smallest absolute Gasteiger partial charge is 0.136 e. The molecule has 1 saturated carbocycles. The second kappa shape index (κ2) is 4.48. The number of ether oxygens (including phenoxy) is 1. The zero-order valence-electron chi connectivity index (χ0n) is 11.6. The van der Waals surface area contributed by atoms with Crippen LogP contribution in [0.4, 0.5) is 0 Å². The predicted octanol–water partition coefficient (Wildman–Crippen LogP) is 2.13. The Morgan fingerprint density at radius 1 is 1.35 bits per heavy atom. The fraction of sp³-hybridized carbons (Fsp3) is 0.562. The van der Waals surface area contributed by atoms with Crippen LogP contribution in [0.5, 0.6) is 5.75 Å². The van der Waals surface area contributed by atoms with Crippen LogP contribution in [0, 0.1) is 11.8 Å². The van der Waals surface area contributed by atoms with E-state index in [0.29, 0.717) is 11.8 Å². The van der Waals surface area contributed by atoms with Crippen LogP contribution in [-0.2, 0) is 11.3 Å². The second-order valence-corrected chi connectivity index (χ2v) is 6.20. The van der Waals surface area contributed by atoms with Crippen molar-refractivity contribution in [2.24, 2.45) is 17.0 Å². The van der Waals surface area contributed by atoms with Gasteiger partial charge in [-0.1, -0.05) is 5.16 Å². The van der Waals surface area contributed by atoms with Gasteiger partial charge in [-0.15, -0.1) is 0 Å². The Morgan fingerprint density at radius 2 is 2.25 bits per heavy atom. The number of fused-ring (bicyclic) bond motifs is 2. The van der Waals surface area contributed by atoms with E-state index in [1.165, 1.54) is 5.56 Å². The highest BCUT2D eigenvalue weighted by Crippen LogP contribution is 2.40. The third-order valence-electron chi connectivity index (χ3n) is 4.69. The molecule has 1 aromatic rings. The number of hydrogen-bond donors (Lipinski definition) is 1. The molecule has 4 heteroatoms. The average molecular weight is 273 g/mol. The molecule has 0 radical (unpaired) electrons. The summed E-state index contributed by atoms with van der Waals surface area (Å²) in [5, 5.41) is 13.6. The van der Waals surface area contributed by atoms with E-state index in [1.807, 2.05) is 6.07 Å². The highest BCUT2D eigenvalue weighted by Gasteiger charge is 2.43. The first-order valence-corrected chi connectivity index (χ1v) is 7.39. The number of benzene rings is 1. The molecular weight excluding hydrogens is 254 g/mol. The Hall–Kier alpha value is -1.55. The van der Waals surface area contributed by atoms with Crippen molar-refractivity contribution in [3.8, 4) is 5.75 Å². The zero-order valence-corrected chi connectivity index (χ0v) is 11.6. The molecule has 0 bridgehead atoms. The van der Waals surface area contributed by atoms with Crippen LogP contribution in [-0.4, -0.2) is 29.6 Å². The van der Waals surface area contributed by atoms with E-state index in [1.54, 1.807) is 0 Å². The van der Waals surface area contributed by atoms with Gasteiger partial charge >= 0.3 is 0 Å². The molecule has 4 nitrogen and oxygen atoms in total. The van der Waals surface area contributed by atoms with Crippen molar-refractivity contribution < 1.29 is 14.7 Å². The van der Waals surface area contributed by atoms with Gasteiger partial charge in [0.05, 0.1) is 5.71 Å². The van der Waals surface area contributed by atoms with Crippen LogP contribution in [0.15, 0.2) is 23.4 Å². The first-order chi connectivity index (χ1) is 9.74. The Kier molecular flexibility index (Phi) is 2.74. The van der Waals surface area contributed by atoms with Gasteiger partial charge in [-0.25, -0.2) is 0 Å². The average Bonchev–Trinajstić information content (AvgIpc) is 3.08. The lowest BCUT2D eigenvalue weighted by Gasteiger charge is -2.10. The number of aliphatic hydroxyl groups is 1. The van der Waals surface area contributed by atoms with Gasteiger partial charge in [-0.2, -0.15) is 0 Å². The van der Waals surface area contributed by atoms with E-state index >= 15 is 0 Å². The number of hydrogen-bond acceptors (Lipinski definition) is 4. The van der Waals surface area contributed by atoms with Gasteiger partial charge in [0.1, 0.15) is 18.0 Å². The van der Waals surface area contributed by atoms with Gasteiger partial charge in [-0.3, -0.25) is 0 Å². The van der Waals surface area contributed by atoms with Crippen molar-refractivity contribution in [3.63, 3.8) is 0 Å². The summed E-state index contributed by atoms with van der Waals surface area (Å²) in [7, 11) is 0. The largest absolute Gasteiger partial charge is 0.490 e. The van der Waals surface area contributed by atoms with E-state index in [0.717, 1.165) is 36.3 Å². The first-order valence-electron chi connectivity index (χ1n) is 7.39. The van der Waals surface area contributed by atoms with Gasteiger partial charge in [-0.05, 0) is 49.4 Å². The lowest BCUT2D eigenvalue weighted by molar-refractivity contribution is 0.0684. The van der Waals surface area contributed by atoms with Gasteiger partial charge in [0.25, 0.3) is 0 Å². The molecule has 0 aromatic heterocycles. The number of aliphatic hydroxyl groups excluding tert-OH is 1. The predicted molar refractivity (Wildman–Crippen MR) is 74.9 cm³/mol. The first kappa shape index (κ1) is 12.2. The summed E-state index contributed by atoms with van der Waals surface area (Å²) in [5.74, 6) is 1.69. The topological polar surface area (TPSA) is 51.0 Å². The molecule has 1 N–H and O–H groups in total. The summed E-state index contributed by atoms with van der Waals surface area (Å²) < 4.78 is 5.74. The van der Waals surface area contributed by atoms with Crippen LogP contribution in [0.25, 0.3) is 0 Å². The quantitative estimate of drug-likeness (QED) is 0.898. The minimum Gasteiger partial charge on any atom is -0.490 e. The molecule has 106 valence electrons. The number of oxime groups is 1.